The first-order chi connectivity index (χ1) is 8.15. The van der Waals surface area contributed by atoms with Gasteiger partial charge in [-0.15, -0.1) is 0 Å². The van der Waals surface area contributed by atoms with Crippen LogP contribution in [0, 0.1) is 5.82 Å². The molecule has 2 nitrogen and oxygen atoms in total. The van der Waals surface area contributed by atoms with Crippen LogP contribution in [0.5, 0.6) is 0 Å². The van der Waals surface area contributed by atoms with Crippen LogP contribution in [0.1, 0.15) is 26.2 Å². The third-order valence-electron chi connectivity index (χ3n) is 3.13. The lowest BCUT2D eigenvalue weighted by atomic mass is 10.1. The van der Waals surface area contributed by atoms with Gasteiger partial charge in [-0.25, -0.2) is 4.39 Å². The highest BCUT2D eigenvalue weighted by Crippen LogP contribution is 2.21. The van der Waals surface area contributed by atoms with Crippen LogP contribution in [0.4, 0.5) is 10.1 Å². The van der Waals surface area contributed by atoms with E-state index in [1.807, 2.05) is 0 Å². The van der Waals surface area contributed by atoms with Crippen molar-refractivity contribution >= 4 is 17.3 Å². The zero-order valence-electron chi connectivity index (χ0n) is 9.97. The van der Waals surface area contributed by atoms with E-state index in [4.69, 9.17) is 11.6 Å². The second-order valence-corrected chi connectivity index (χ2v) is 5.13. The molecule has 0 spiro atoms. The minimum atomic E-state index is -0.249. The summed E-state index contributed by atoms with van der Waals surface area (Å²) < 4.78 is 13.5. The van der Waals surface area contributed by atoms with Crippen molar-refractivity contribution in [2.75, 3.05) is 11.9 Å². The van der Waals surface area contributed by atoms with Crippen LogP contribution < -0.4 is 10.6 Å². The lowest BCUT2D eigenvalue weighted by molar-refractivity contribution is 0.521. The van der Waals surface area contributed by atoms with Gasteiger partial charge in [-0.05, 0) is 50.9 Å². The van der Waals surface area contributed by atoms with Gasteiger partial charge in [0.05, 0.1) is 5.69 Å². The van der Waals surface area contributed by atoms with Gasteiger partial charge in [0, 0.05) is 17.1 Å². The molecule has 17 heavy (non-hydrogen) atoms. The quantitative estimate of drug-likeness (QED) is 0.863. The Bertz CT molecular complexity index is 378. The molecule has 1 fully saturated rings. The molecule has 2 N–H and O–H groups in total. The number of rotatable bonds is 4. The molecule has 2 rings (SSSR count). The van der Waals surface area contributed by atoms with Gasteiger partial charge in [0.15, 0.2) is 0 Å². The number of halogens is 2. The molecule has 0 aliphatic carbocycles. The monoisotopic (exact) mass is 256 g/mol. The molecule has 1 heterocycles. The van der Waals surface area contributed by atoms with E-state index in [1.54, 1.807) is 12.1 Å². The average molecular weight is 257 g/mol. The molecular weight excluding hydrogens is 239 g/mol. The molecule has 0 amide bonds. The molecule has 2 atom stereocenters. The molecule has 2 unspecified atom stereocenters. The van der Waals surface area contributed by atoms with Crippen LogP contribution in [0.25, 0.3) is 0 Å². The highest BCUT2D eigenvalue weighted by Gasteiger charge is 2.17. The topological polar surface area (TPSA) is 24.1 Å². The second kappa shape index (κ2) is 5.69. The fourth-order valence-corrected chi connectivity index (χ4v) is 2.49. The average Bonchev–Trinajstić information content (AvgIpc) is 2.76. The Morgan fingerprint density at radius 3 is 3.12 bits per heavy atom. The van der Waals surface area contributed by atoms with Crippen LogP contribution >= 0.6 is 11.6 Å². The Morgan fingerprint density at radius 1 is 1.59 bits per heavy atom. The van der Waals surface area contributed by atoms with Gasteiger partial charge >= 0.3 is 0 Å². The minimum absolute atomic E-state index is 0.235. The molecule has 1 aromatic rings. The molecule has 0 saturated carbocycles. The van der Waals surface area contributed by atoms with Crippen molar-refractivity contribution in [1.29, 1.82) is 0 Å². The summed E-state index contributed by atoms with van der Waals surface area (Å²) in [4.78, 5) is 0. The number of anilines is 1. The standard InChI is InChI=1S/C13H18ClFN2/c1-9(7-11-3-2-6-16-11)17-13-8-10(14)4-5-12(13)15/h4-5,8-9,11,16-17H,2-3,6-7H2,1H3. The van der Waals surface area contributed by atoms with E-state index >= 15 is 0 Å². The number of hydrogen-bond acceptors (Lipinski definition) is 2. The van der Waals surface area contributed by atoms with Crippen LogP contribution in [0.2, 0.25) is 5.02 Å². The molecular formula is C13H18ClFN2. The molecule has 0 bridgehead atoms. The summed E-state index contributed by atoms with van der Waals surface area (Å²) in [6, 6.07) is 5.38. The smallest absolute Gasteiger partial charge is 0.146 e. The SMILES string of the molecule is CC(CC1CCCN1)Nc1cc(Cl)ccc1F. The van der Waals surface area contributed by atoms with E-state index in [0.29, 0.717) is 16.8 Å². The maximum absolute atomic E-state index is 13.5. The van der Waals surface area contributed by atoms with Crippen LogP contribution in [0.3, 0.4) is 0 Å². The number of nitrogens with one attached hydrogen (secondary N) is 2. The predicted octanol–water partition coefficient (Wildman–Crippen LogP) is 3.42. The van der Waals surface area contributed by atoms with E-state index in [0.717, 1.165) is 13.0 Å². The van der Waals surface area contributed by atoms with Crippen LogP contribution in [0.15, 0.2) is 18.2 Å². The fraction of sp³-hybridized carbons (Fsp3) is 0.538. The molecule has 0 aromatic heterocycles. The molecule has 94 valence electrons. The largest absolute Gasteiger partial charge is 0.380 e. The first-order valence-electron chi connectivity index (χ1n) is 6.10. The Kier molecular flexibility index (Phi) is 4.24. The van der Waals surface area contributed by atoms with E-state index in [9.17, 15) is 4.39 Å². The van der Waals surface area contributed by atoms with E-state index in [2.05, 4.69) is 17.6 Å². The number of hydrogen-bond donors (Lipinski definition) is 2. The highest BCUT2D eigenvalue weighted by molar-refractivity contribution is 6.30. The van der Waals surface area contributed by atoms with Gasteiger partial charge in [0.1, 0.15) is 5.82 Å². The van der Waals surface area contributed by atoms with Gasteiger partial charge < -0.3 is 10.6 Å². The third-order valence-corrected chi connectivity index (χ3v) is 3.37. The molecule has 1 aliphatic rings. The van der Waals surface area contributed by atoms with Gasteiger partial charge in [-0.1, -0.05) is 11.6 Å². The van der Waals surface area contributed by atoms with Crippen LogP contribution in [-0.4, -0.2) is 18.6 Å². The summed E-state index contributed by atoms with van der Waals surface area (Å²) in [6.45, 7) is 3.17. The first kappa shape index (κ1) is 12.7. The summed E-state index contributed by atoms with van der Waals surface area (Å²) in [5, 5.41) is 7.17. The lowest BCUT2D eigenvalue weighted by Gasteiger charge is -2.19. The molecule has 1 aromatic carbocycles. The first-order valence-corrected chi connectivity index (χ1v) is 6.48. The molecule has 1 saturated heterocycles. The lowest BCUT2D eigenvalue weighted by Crippen LogP contribution is -2.29. The summed E-state index contributed by atoms with van der Waals surface area (Å²) >= 11 is 5.85. The van der Waals surface area contributed by atoms with Crippen molar-refractivity contribution in [2.24, 2.45) is 0 Å². The maximum Gasteiger partial charge on any atom is 0.146 e. The summed E-state index contributed by atoms with van der Waals surface area (Å²) in [7, 11) is 0. The zero-order valence-corrected chi connectivity index (χ0v) is 10.7. The molecule has 0 radical (unpaired) electrons. The van der Waals surface area contributed by atoms with E-state index in [-0.39, 0.29) is 11.9 Å². The van der Waals surface area contributed by atoms with Crippen molar-refractivity contribution in [3.8, 4) is 0 Å². The predicted molar refractivity (Wildman–Crippen MR) is 70.1 cm³/mol. The van der Waals surface area contributed by atoms with Crippen molar-refractivity contribution < 1.29 is 4.39 Å². The van der Waals surface area contributed by atoms with Crippen molar-refractivity contribution in [3.05, 3.63) is 29.0 Å². The van der Waals surface area contributed by atoms with Gasteiger partial charge in [0.2, 0.25) is 0 Å². The zero-order chi connectivity index (χ0) is 12.3. The second-order valence-electron chi connectivity index (χ2n) is 4.70. The van der Waals surface area contributed by atoms with Crippen molar-refractivity contribution in [2.45, 2.75) is 38.3 Å². The van der Waals surface area contributed by atoms with Gasteiger partial charge in [-0.2, -0.15) is 0 Å². The van der Waals surface area contributed by atoms with E-state index < -0.39 is 0 Å². The Morgan fingerprint density at radius 2 is 2.41 bits per heavy atom. The number of benzene rings is 1. The normalized spacial score (nSPS) is 21.5. The van der Waals surface area contributed by atoms with Crippen molar-refractivity contribution in [1.82, 2.24) is 5.32 Å². The maximum atomic E-state index is 13.5. The Hall–Kier alpha value is -0.800. The summed E-state index contributed by atoms with van der Waals surface area (Å²) in [5.74, 6) is -0.249. The summed E-state index contributed by atoms with van der Waals surface area (Å²) in [6.07, 6.45) is 3.46. The molecule has 1 aliphatic heterocycles. The Labute approximate surface area is 107 Å². The summed E-state index contributed by atoms with van der Waals surface area (Å²) in [5.41, 5.74) is 0.489. The van der Waals surface area contributed by atoms with Crippen molar-refractivity contribution in [3.63, 3.8) is 0 Å². The highest BCUT2D eigenvalue weighted by atomic mass is 35.5. The van der Waals surface area contributed by atoms with E-state index in [1.165, 1.54) is 18.9 Å². The van der Waals surface area contributed by atoms with Gasteiger partial charge in [0.25, 0.3) is 0 Å². The van der Waals surface area contributed by atoms with Crippen LogP contribution in [-0.2, 0) is 0 Å². The fourth-order valence-electron chi connectivity index (χ4n) is 2.32. The van der Waals surface area contributed by atoms with Gasteiger partial charge in [-0.3, -0.25) is 0 Å². The molecule has 4 heteroatoms. The Balaban J connectivity index is 1.92. The third kappa shape index (κ3) is 3.58. The minimum Gasteiger partial charge on any atom is -0.380 e.